The van der Waals surface area contributed by atoms with Crippen molar-refractivity contribution < 1.29 is 21.6 Å². The second kappa shape index (κ2) is 6.35. The number of anilines is 1. The van der Waals surface area contributed by atoms with Crippen molar-refractivity contribution in [3.63, 3.8) is 0 Å². The van der Waals surface area contributed by atoms with Gasteiger partial charge in [-0.2, -0.15) is 13.2 Å². The van der Waals surface area contributed by atoms with Crippen molar-refractivity contribution in [3.05, 3.63) is 59.8 Å². The smallest absolute Gasteiger partial charge is 0.267 e. The van der Waals surface area contributed by atoms with Crippen LogP contribution in [-0.4, -0.2) is 25.3 Å². The summed E-state index contributed by atoms with van der Waals surface area (Å²) in [7, 11) is -4.52. The molecule has 0 amide bonds. The number of nitrogens with zero attached hydrogens (tertiary/aromatic N) is 1. The van der Waals surface area contributed by atoms with Gasteiger partial charge in [0.05, 0.1) is 0 Å². The lowest BCUT2D eigenvalue weighted by Crippen LogP contribution is -2.28. The van der Waals surface area contributed by atoms with Crippen LogP contribution in [0.4, 0.5) is 19.0 Å². The number of benzene rings is 1. The zero-order valence-corrected chi connectivity index (χ0v) is 12.2. The number of nitrogens with one attached hydrogen (secondary N) is 1. The van der Waals surface area contributed by atoms with Gasteiger partial charge in [0, 0.05) is 6.20 Å². The van der Waals surface area contributed by atoms with Crippen molar-refractivity contribution >= 4 is 15.8 Å². The molecule has 8 heteroatoms. The quantitative estimate of drug-likeness (QED) is 0.917. The van der Waals surface area contributed by atoms with Crippen molar-refractivity contribution in [2.24, 2.45) is 0 Å². The molecule has 0 spiro atoms. The van der Waals surface area contributed by atoms with Crippen LogP contribution in [0.3, 0.4) is 0 Å². The number of hydrogen-bond acceptors (Lipinski definition) is 3. The Labute approximate surface area is 126 Å². The SMILES string of the molecule is O=S(=O)(CC(F)(F)F)Nc1cc(Cc2ccccc2)ccn1. The first-order valence-corrected chi connectivity index (χ1v) is 7.95. The lowest BCUT2D eigenvalue weighted by Gasteiger charge is -2.10. The zero-order chi connectivity index (χ0) is 16.2. The fraction of sp³-hybridized carbons (Fsp3) is 0.214. The van der Waals surface area contributed by atoms with Gasteiger partial charge in [-0.25, -0.2) is 13.4 Å². The molecule has 0 radical (unpaired) electrons. The number of rotatable bonds is 5. The standard InChI is InChI=1S/C14H13F3N2O2S/c15-14(16,17)10-22(20,21)19-13-9-12(6-7-18-13)8-11-4-2-1-3-5-11/h1-7,9H,8,10H2,(H,18,19). The Balaban J connectivity index is 2.12. The molecule has 0 aliphatic heterocycles. The van der Waals surface area contributed by atoms with Gasteiger partial charge in [0.15, 0.2) is 5.75 Å². The molecule has 118 valence electrons. The van der Waals surface area contributed by atoms with Gasteiger partial charge in [-0.1, -0.05) is 30.3 Å². The molecule has 1 aromatic carbocycles. The molecule has 2 aromatic rings. The predicted octanol–water partition coefficient (Wildman–Crippen LogP) is 2.98. The molecule has 0 aliphatic rings. The molecule has 0 fully saturated rings. The third-order valence-corrected chi connectivity index (χ3v) is 3.92. The highest BCUT2D eigenvalue weighted by Crippen LogP contribution is 2.19. The summed E-state index contributed by atoms with van der Waals surface area (Å²) in [6, 6.07) is 12.5. The highest BCUT2D eigenvalue weighted by Gasteiger charge is 2.35. The molecule has 4 nitrogen and oxygen atoms in total. The number of hydrogen-bond donors (Lipinski definition) is 1. The second-order valence-corrected chi connectivity index (χ2v) is 6.41. The maximum absolute atomic E-state index is 12.2. The topological polar surface area (TPSA) is 59.1 Å². The van der Waals surface area contributed by atoms with E-state index in [2.05, 4.69) is 4.98 Å². The van der Waals surface area contributed by atoms with E-state index in [1.54, 1.807) is 6.07 Å². The van der Waals surface area contributed by atoms with Crippen molar-refractivity contribution in [3.8, 4) is 0 Å². The van der Waals surface area contributed by atoms with E-state index < -0.39 is 22.0 Å². The monoisotopic (exact) mass is 330 g/mol. The Morgan fingerprint density at radius 3 is 2.36 bits per heavy atom. The molecule has 0 saturated carbocycles. The van der Waals surface area contributed by atoms with Gasteiger partial charge in [-0.3, -0.25) is 4.72 Å². The van der Waals surface area contributed by atoms with E-state index in [0.717, 1.165) is 11.1 Å². The van der Waals surface area contributed by atoms with Crippen LogP contribution in [0.1, 0.15) is 11.1 Å². The third-order valence-electron chi connectivity index (χ3n) is 2.69. The Morgan fingerprint density at radius 1 is 1.05 bits per heavy atom. The van der Waals surface area contributed by atoms with Crippen LogP contribution in [0.15, 0.2) is 48.7 Å². The fourth-order valence-corrected chi connectivity index (χ4v) is 2.82. The Bertz CT molecular complexity index is 731. The van der Waals surface area contributed by atoms with Crippen molar-refractivity contribution in [2.75, 3.05) is 10.5 Å². The van der Waals surface area contributed by atoms with Crippen LogP contribution in [-0.2, 0) is 16.4 Å². The van der Waals surface area contributed by atoms with E-state index in [1.807, 2.05) is 35.1 Å². The second-order valence-electron chi connectivity index (χ2n) is 4.69. The van der Waals surface area contributed by atoms with Crippen LogP contribution in [0.2, 0.25) is 0 Å². The molecule has 0 aliphatic carbocycles. The molecule has 1 aromatic heterocycles. The molecular formula is C14H13F3N2O2S. The van der Waals surface area contributed by atoms with Crippen LogP contribution >= 0.6 is 0 Å². The maximum Gasteiger partial charge on any atom is 0.404 e. The summed E-state index contributed by atoms with van der Waals surface area (Å²) < 4.78 is 61.2. The normalized spacial score (nSPS) is 12.1. The largest absolute Gasteiger partial charge is 0.404 e. The van der Waals surface area contributed by atoms with Gasteiger partial charge in [0.25, 0.3) is 0 Å². The van der Waals surface area contributed by atoms with E-state index in [9.17, 15) is 21.6 Å². The van der Waals surface area contributed by atoms with Gasteiger partial charge < -0.3 is 0 Å². The Morgan fingerprint density at radius 2 is 1.73 bits per heavy atom. The molecular weight excluding hydrogens is 317 g/mol. The number of alkyl halides is 3. The molecule has 22 heavy (non-hydrogen) atoms. The number of sulfonamides is 1. The molecule has 0 bridgehead atoms. The summed E-state index contributed by atoms with van der Waals surface area (Å²) >= 11 is 0. The van der Waals surface area contributed by atoms with Crippen LogP contribution in [0.5, 0.6) is 0 Å². The molecule has 1 heterocycles. The third kappa shape index (κ3) is 5.36. The predicted molar refractivity (Wildman–Crippen MR) is 76.9 cm³/mol. The number of aromatic nitrogens is 1. The van der Waals surface area contributed by atoms with Crippen LogP contribution in [0, 0.1) is 0 Å². The first kappa shape index (κ1) is 16.3. The van der Waals surface area contributed by atoms with Gasteiger partial charge in [0.2, 0.25) is 10.0 Å². The lowest BCUT2D eigenvalue weighted by molar-refractivity contribution is -0.106. The summed E-state index contributed by atoms with van der Waals surface area (Å²) in [5.74, 6) is -2.07. The lowest BCUT2D eigenvalue weighted by atomic mass is 10.1. The molecule has 1 N–H and O–H groups in total. The minimum atomic E-state index is -4.80. The average Bonchev–Trinajstić information content (AvgIpc) is 2.36. The minimum absolute atomic E-state index is 0.127. The van der Waals surface area contributed by atoms with Crippen LogP contribution < -0.4 is 4.72 Å². The van der Waals surface area contributed by atoms with Crippen molar-refractivity contribution in [1.29, 1.82) is 0 Å². The number of halogens is 3. The summed E-state index contributed by atoms with van der Waals surface area (Å²) in [5.41, 5.74) is 1.74. The van der Waals surface area contributed by atoms with Gasteiger partial charge in [0.1, 0.15) is 5.82 Å². The van der Waals surface area contributed by atoms with E-state index in [1.165, 1.54) is 12.3 Å². The first-order chi connectivity index (χ1) is 10.2. The van der Waals surface area contributed by atoms with Crippen molar-refractivity contribution in [1.82, 2.24) is 4.98 Å². The van der Waals surface area contributed by atoms with Crippen LogP contribution in [0.25, 0.3) is 0 Å². The number of pyridine rings is 1. The Hall–Kier alpha value is -2.09. The van der Waals surface area contributed by atoms with E-state index in [-0.39, 0.29) is 5.82 Å². The summed E-state index contributed by atoms with van der Waals surface area (Å²) in [6.07, 6.45) is -2.92. The minimum Gasteiger partial charge on any atom is -0.267 e. The molecule has 2 rings (SSSR count). The highest BCUT2D eigenvalue weighted by atomic mass is 32.2. The van der Waals surface area contributed by atoms with E-state index in [0.29, 0.717) is 6.42 Å². The summed E-state index contributed by atoms with van der Waals surface area (Å²) in [6.45, 7) is 0. The van der Waals surface area contributed by atoms with E-state index >= 15 is 0 Å². The summed E-state index contributed by atoms with van der Waals surface area (Å²) in [4.78, 5) is 3.74. The van der Waals surface area contributed by atoms with Gasteiger partial charge in [-0.15, -0.1) is 0 Å². The van der Waals surface area contributed by atoms with Crippen molar-refractivity contribution in [2.45, 2.75) is 12.6 Å². The fourth-order valence-electron chi connectivity index (χ4n) is 1.88. The average molecular weight is 330 g/mol. The molecule has 0 saturated heterocycles. The molecule has 0 unspecified atom stereocenters. The molecule has 0 atom stereocenters. The maximum atomic E-state index is 12.2. The summed E-state index contributed by atoms with van der Waals surface area (Å²) in [5, 5.41) is 0. The van der Waals surface area contributed by atoms with Gasteiger partial charge in [-0.05, 0) is 29.7 Å². The van der Waals surface area contributed by atoms with E-state index in [4.69, 9.17) is 0 Å². The van der Waals surface area contributed by atoms with Gasteiger partial charge >= 0.3 is 6.18 Å². The Kier molecular flexibility index (Phi) is 4.70. The first-order valence-electron chi connectivity index (χ1n) is 6.30. The zero-order valence-electron chi connectivity index (χ0n) is 11.3. The highest BCUT2D eigenvalue weighted by molar-refractivity contribution is 7.92.